The number of aromatic nitrogens is 2. The first-order chi connectivity index (χ1) is 6.97. The number of hydrogen-bond donors (Lipinski definition) is 0. The predicted molar refractivity (Wildman–Crippen MR) is 60.5 cm³/mol. The topological polar surface area (TPSA) is 44.1 Å². The molecule has 0 radical (unpaired) electrons. The summed E-state index contributed by atoms with van der Waals surface area (Å²) in [5.41, 5.74) is 0.742. The first-order valence-electron chi connectivity index (χ1n) is 4.74. The number of methoxy groups -OCH3 is 1. The lowest BCUT2D eigenvalue weighted by atomic mass is 9.93. The zero-order valence-corrected chi connectivity index (χ0v) is 10.9. The normalized spacial score (nSPS) is 12.9. The van der Waals surface area contributed by atoms with Gasteiger partial charge in [-0.25, -0.2) is 0 Å². The number of nitrogens with zero attached hydrogens (tertiary/aromatic N) is 2. The van der Waals surface area contributed by atoms with Crippen LogP contribution in [0.2, 0.25) is 0 Å². The number of ether oxygens (including phenoxy) is 1. The highest BCUT2D eigenvalue weighted by molar-refractivity contribution is 9.10. The lowest BCUT2D eigenvalue weighted by Gasteiger charge is -2.15. The molecule has 1 aromatic heterocycles. The molecule has 0 aliphatic carbocycles. The van der Waals surface area contributed by atoms with Crippen LogP contribution in [0.25, 0.3) is 0 Å². The van der Waals surface area contributed by atoms with E-state index < -0.39 is 0 Å². The number of hydrogen-bond acceptors (Lipinski definition) is 3. The lowest BCUT2D eigenvalue weighted by molar-refractivity contribution is -0.143. The third-order valence-electron chi connectivity index (χ3n) is 2.28. The van der Waals surface area contributed by atoms with Crippen LogP contribution in [-0.2, 0) is 16.6 Å². The second-order valence-corrected chi connectivity index (χ2v) is 4.57. The Kier molecular flexibility index (Phi) is 3.90. The van der Waals surface area contributed by atoms with Crippen LogP contribution in [0.4, 0.5) is 0 Å². The number of esters is 1. The maximum Gasteiger partial charge on any atom is 0.315 e. The smallest absolute Gasteiger partial charge is 0.315 e. The summed E-state index contributed by atoms with van der Waals surface area (Å²) in [6.07, 6.45) is 0. The minimum Gasteiger partial charge on any atom is -0.468 e. The van der Waals surface area contributed by atoms with E-state index in [9.17, 15) is 4.79 Å². The van der Waals surface area contributed by atoms with Crippen LogP contribution in [0.5, 0.6) is 0 Å². The van der Waals surface area contributed by atoms with Crippen molar-refractivity contribution in [3.63, 3.8) is 0 Å². The number of halogens is 1. The van der Waals surface area contributed by atoms with E-state index in [1.165, 1.54) is 7.11 Å². The molecular formula is C10H15BrN2O2. The van der Waals surface area contributed by atoms with Crippen LogP contribution < -0.4 is 0 Å². The van der Waals surface area contributed by atoms with Gasteiger partial charge in [0.2, 0.25) is 0 Å². The summed E-state index contributed by atoms with van der Waals surface area (Å²) >= 11 is 3.35. The second-order valence-electron chi connectivity index (χ2n) is 3.76. The Morgan fingerprint density at radius 2 is 2.20 bits per heavy atom. The molecule has 0 saturated carbocycles. The predicted octanol–water partition coefficient (Wildman–Crippen LogP) is 2.10. The number of aryl methyl sites for hydroxylation is 1. The average Bonchev–Trinajstić information content (AvgIpc) is 2.46. The fraction of sp³-hybridized carbons (Fsp3) is 0.600. The van der Waals surface area contributed by atoms with E-state index in [0.29, 0.717) is 0 Å². The van der Waals surface area contributed by atoms with Gasteiger partial charge in [-0.15, -0.1) is 0 Å². The first-order valence-corrected chi connectivity index (χ1v) is 5.54. The van der Waals surface area contributed by atoms with Crippen molar-refractivity contribution in [3.05, 3.63) is 16.4 Å². The van der Waals surface area contributed by atoms with Gasteiger partial charge in [-0.05, 0) is 27.9 Å². The molecule has 15 heavy (non-hydrogen) atoms. The summed E-state index contributed by atoms with van der Waals surface area (Å²) in [4.78, 5) is 11.6. The zero-order valence-electron chi connectivity index (χ0n) is 9.32. The molecule has 0 aliphatic heterocycles. The SMILES string of the molecule is COC(=O)C(c1cc(Br)n(C)n1)C(C)C. The Balaban J connectivity index is 3.04. The Bertz CT molecular complexity index is 341. The minimum absolute atomic E-state index is 0.166. The standard InChI is InChI=1S/C10H15BrN2O2/c1-6(2)9(10(14)15-4)7-5-8(11)13(3)12-7/h5-6,9H,1-4H3. The van der Waals surface area contributed by atoms with E-state index in [1.807, 2.05) is 27.0 Å². The largest absolute Gasteiger partial charge is 0.468 e. The summed E-state index contributed by atoms with van der Waals surface area (Å²) in [6.45, 7) is 3.95. The minimum atomic E-state index is -0.299. The molecule has 4 nitrogen and oxygen atoms in total. The summed E-state index contributed by atoms with van der Waals surface area (Å²) in [5, 5.41) is 4.27. The molecule has 0 fully saturated rings. The van der Waals surface area contributed by atoms with Crippen molar-refractivity contribution < 1.29 is 9.53 Å². The average molecular weight is 275 g/mol. The summed E-state index contributed by atoms with van der Waals surface area (Å²) in [5.74, 6) is -0.373. The van der Waals surface area contributed by atoms with Crippen LogP contribution in [0.3, 0.4) is 0 Å². The highest BCUT2D eigenvalue weighted by Crippen LogP contribution is 2.26. The van der Waals surface area contributed by atoms with Gasteiger partial charge in [-0.1, -0.05) is 13.8 Å². The maximum absolute atomic E-state index is 11.6. The van der Waals surface area contributed by atoms with Crippen molar-refractivity contribution in [1.82, 2.24) is 9.78 Å². The highest BCUT2D eigenvalue weighted by atomic mass is 79.9. The fourth-order valence-electron chi connectivity index (χ4n) is 1.48. The van der Waals surface area contributed by atoms with Crippen molar-refractivity contribution in [2.24, 2.45) is 13.0 Å². The third-order valence-corrected chi connectivity index (χ3v) is 3.02. The number of carbonyl (C=O) groups excluding carboxylic acids is 1. The molecule has 1 rings (SSSR count). The van der Waals surface area contributed by atoms with Crippen molar-refractivity contribution in [3.8, 4) is 0 Å². The Morgan fingerprint density at radius 1 is 1.60 bits per heavy atom. The first kappa shape index (κ1) is 12.2. The van der Waals surface area contributed by atoms with E-state index in [0.717, 1.165) is 10.3 Å². The Morgan fingerprint density at radius 3 is 2.53 bits per heavy atom. The number of carbonyl (C=O) groups is 1. The molecule has 0 aliphatic rings. The Hall–Kier alpha value is -0.840. The van der Waals surface area contributed by atoms with Crippen LogP contribution in [-0.4, -0.2) is 22.9 Å². The maximum atomic E-state index is 11.6. The molecule has 0 amide bonds. The molecule has 84 valence electrons. The molecule has 1 unspecified atom stereocenters. The molecule has 0 saturated heterocycles. The monoisotopic (exact) mass is 274 g/mol. The van der Waals surface area contributed by atoms with Crippen molar-refractivity contribution in [2.45, 2.75) is 19.8 Å². The van der Waals surface area contributed by atoms with Gasteiger partial charge < -0.3 is 4.74 Å². The molecule has 5 heteroatoms. The van der Waals surface area contributed by atoms with Gasteiger partial charge in [-0.2, -0.15) is 5.10 Å². The van der Waals surface area contributed by atoms with Crippen LogP contribution in [0, 0.1) is 5.92 Å². The van der Waals surface area contributed by atoms with E-state index in [2.05, 4.69) is 21.0 Å². The number of rotatable bonds is 3. The van der Waals surface area contributed by atoms with Crippen LogP contribution in [0.1, 0.15) is 25.5 Å². The van der Waals surface area contributed by atoms with Gasteiger partial charge in [0.05, 0.1) is 12.8 Å². The lowest BCUT2D eigenvalue weighted by Crippen LogP contribution is -2.20. The fourth-order valence-corrected chi connectivity index (χ4v) is 1.79. The second kappa shape index (κ2) is 4.79. The zero-order chi connectivity index (χ0) is 11.6. The van der Waals surface area contributed by atoms with Gasteiger partial charge in [-0.3, -0.25) is 9.48 Å². The Labute approximate surface area is 97.7 Å². The summed E-state index contributed by atoms with van der Waals surface area (Å²) < 4.78 is 7.32. The molecule has 0 N–H and O–H groups in total. The quantitative estimate of drug-likeness (QED) is 0.793. The van der Waals surface area contributed by atoms with E-state index in [-0.39, 0.29) is 17.8 Å². The van der Waals surface area contributed by atoms with Crippen LogP contribution >= 0.6 is 15.9 Å². The molecule has 1 heterocycles. The van der Waals surface area contributed by atoms with Gasteiger partial charge in [0.1, 0.15) is 10.5 Å². The van der Waals surface area contributed by atoms with E-state index >= 15 is 0 Å². The molecule has 0 bridgehead atoms. The van der Waals surface area contributed by atoms with E-state index in [1.54, 1.807) is 4.68 Å². The van der Waals surface area contributed by atoms with Crippen molar-refractivity contribution in [2.75, 3.05) is 7.11 Å². The van der Waals surface area contributed by atoms with Gasteiger partial charge in [0.25, 0.3) is 0 Å². The molecular weight excluding hydrogens is 260 g/mol. The van der Waals surface area contributed by atoms with Crippen molar-refractivity contribution in [1.29, 1.82) is 0 Å². The summed E-state index contributed by atoms with van der Waals surface area (Å²) in [6, 6.07) is 1.85. The van der Waals surface area contributed by atoms with Gasteiger partial charge in [0, 0.05) is 7.05 Å². The molecule has 1 atom stereocenters. The summed E-state index contributed by atoms with van der Waals surface area (Å²) in [7, 11) is 3.22. The molecule has 0 spiro atoms. The third kappa shape index (κ3) is 2.59. The van der Waals surface area contributed by atoms with Gasteiger partial charge in [0.15, 0.2) is 0 Å². The van der Waals surface area contributed by atoms with E-state index in [4.69, 9.17) is 4.74 Å². The highest BCUT2D eigenvalue weighted by Gasteiger charge is 2.27. The molecule has 1 aromatic rings. The van der Waals surface area contributed by atoms with Crippen LogP contribution in [0.15, 0.2) is 10.7 Å². The molecule has 0 aromatic carbocycles. The van der Waals surface area contributed by atoms with Gasteiger partial charge >= 0.3 is 5.97 Å². The van der Waals surface area contributed by atoms with Crippen molar-refractivity contribution >= 4 is 21.9 Å².